The molecule has 0 aromatic carbocycles. The molecule has 0 atom stereocenters. The maximum Gasteiger partial charge on any atom is 0.202 e. The molecule has 0 saturated heterocycles. The fourth-order valence-electron chi connectivity index (χ4n) is 1.37. The van der Waals surface area contributed by atoms with Gasteiger partial charge in [0.25, 0.3) is 0 Å². The Hall–Kier alpha value is -0.350. The van der Waals surface area contributed by atoms with Crippen LogP contribution in [0.3, 0.4) is 0 Å². The Balaban J connectivity index is 2.54. The Morgan fingerprint density at radius 2 is 2.07 bits per heavy atom. The molecule has 0 aliphatic rings. The average Bonchev–Trinajstić information content (AvgIpc) is 2.67. The molecule has 1 N–H and O–H groups in total. The molecule has 1 aromatic rings. The van der Waals surface area contributed by atoms with Crippen molar-refractivity contribution in [2.45, 2.75) is 33.6 Å². The number of alkyl halides is 1. The highest BCUT2D eigenvalue weighted by Gasteiger charge is 2.25. The van der Waals surface area contributed by atoms with Crippen LogP contribution >= 0.6 is 23.1 Å². The van der Waals surface area contributed by atoms with Crippen LogP contribution < -0.4 is 5.32 Å². The third kappa shape index (κ3) is 3.31. The summed E-state index contributed by atoms with van der Waals surface area (Å²) >= 11 is 7.43. The highest BCUT2D eigenvalue weighted by molar-refractivity contribution is 7.09. The van der Waals surface area contributed by atoms with E-state index in [1.54, 1.807) is 0 Å². The fraction of sp³-hybridized carbons (Fsp3) is 0.800. The SMILES string of the molecule is CCC(CC)(CCl)CNc1nc(C)ns1. The minimum Gasteiger partial charge on any atom is -0.360 e. The van der Waals surface area contributed by atoms with E-state index in [0.717, 1.165) is 30.3 Å². The lowest BCUT2D eigenvalue weighted by molar-refractivity contribution is 0.327. The van der Waals surface area contributed by atoms with E-state index < -0.39 is 0 Å². The van der Waals surface area contributed by atoms with Gasteiger partial charge in [0.05, 0.1) is 0 Å². The number of hydrogen-bond donors (Lipinski definition) is 1. The maximum atomic E-state index is 6.02. The van der Waals surface area contributed by atoms with Gasteiger partial charge >= 0.3 is 0 Å². The third-order valence-electron chi connectivity index (χ3n) is 2.93. The second kappa shape index (κ2) is 5.66. The second-order valence-corrected chi connectivity index (χ2v) is 4.86. The van der Waals surface area contributed by atoms with Gasteiger partial charge < -0.3 is 5.32 Å². The zero-order chi connectivity index (χ0) is 11.3. The Morgan fingerprint density at radius 3 is 2.47 bits per heavy atom. The van der Waals surface area contributed by atoms with Crippen LogP contribution in [0.5, 0.6) is 0 Å². The van der Waals surface area contributed by atoms with Crippen molar-refractivity contribution in [3.05, 3.63) is 5.82 Å². The van der Waals surface area contributed by atoms with Crippen LogP contribution in [0.1, 0.15) is 32.5 Å². The van der Waals surface area contributed by atoms with Crippen molar-refractivity contribution in [3.63, 3.8) is 0 Å². The summed E-state index contributed by atoms with van der Waals surface area (Å²) in [5.74, 6) is 1.51. The molecular weight excluding hydrogens is 230 g/mol. The summed E-state index contributed by atoms with van der Waals surface area (Å²) in [7, 11) is 0. The summed E-state index contributed by atoms with van der Waals surface area (Å²) in [5.41, 5.74) is 0.182. The standard InChI is InChI=1S/C10H18ClN3S/c1-4-10(5-2,6-11)7-12-9-13-8(3)14-15-9/h4-7H2,1-3H3,(H,12,13,14). The topological polar surface area (TPSA) is 37.8 Å². The molecule has 1 heterocycles. The lowest BCUT2D eigenvalue weighted by atomic mass is 9.84. The van der Waals surface area contributed by atoms with E-state index >= 15 is 0 Å². The molecule has 0 bridgehead atoms. The minimum atomic E-state index is 0.182. The van der Waals surface area contributed by atoms with Crippen LogP contribution in [-0.2, 0) is 0 Å². The first-order valence-electron chi connectivity index (χ1n) is 5.26. The van der Waals surface area contributed by atoms with Crippen molar-refractivity contribution in [1.29, 1.82) is 0 Å². The van der Waals surface area contributed by atoms with Crippen molar-refractivity contribution in [1.82, 2.24) is 9.36 Å². The predicted octanol–water partition coefficient (Wildman–Crippen LogP) is 3.30. The van der Waals surface area contributed by atoms with Crippen LogP contribution in [0.25, 0.3) is 0 Å². The third-order valence-corrected chi connectivity index (χ3v) is 4.26. The van der Waals surface area contributed by atoms with Gasteiger partial charge in [0.15, 0.2) is 0 Å². The summed E-state index contributed by atoms with van der Waals surface area (Å²) in [6.07, 6.45) is 2.16. The van der Waals surface area contributed by atoms with Gasteiger partial charge in [-0.15, -0.1) is 11.6 Å². The monoisotopic (exact) mass is 247 g/mol. The van der Waals surface area contributed by atoms with Gasteiger partial charge in [-0.25, -0.2) is 4.98 Å². The number of aryl methyl sites for hydroxylation is 1. The first kappa shape index (κ1) is 12.7. The average molecular weight is 248 g/mol. The van der Waals surface area contributed by atoms with Crippen molar-refractivity contribution in [3.8, 4) is 0 Å². The Kier molecular flexibility index (Phi) is 4.80. The lowest BCUT2D eigenvalue weighted by Crippen LogP contribution is -2.30. The number of anilines is 1. The van der Waals surface area contributed by atoms with Crippen LogP contribution in [0.4, 0.5) is 5.13 Å². The molecule has 3 nitrogen and oxygen atoms in total. The van der Waals surface area contributed by atoms with E-state index in [0.29, 0.717) is 5.88 Å². The fourth-order valence-corrected chi connectivity index (χ4v) is 2.41. The van der Waals surface area contributed by atoms with E-state index in [4.69, 9.17) is 11.6 Å². The molecule has 0 unspecified atom stereocenters. The van der Waals surface area contributed by atoms with Crippen molar-refractivity contribution in [2.24, 2.45) is 5.41 Å². The van der Waals surface area contributed by atoms with Crippen molar-refractivity contribution < 1.29 is 0 Å². The Bertz CT molecular complexity index is 288. The molecule has 5 heteroatoms. The molecular formula is C10H18ClN3S. The number of nitrogens with one attached hydrogen (secondary N) is 1. The molecule has 0 spiro atoms. The number of aromatic nitrogens is 2. The predicted molar refractivity (Wildman–Crippen MR) is 66.9 cm³/mol. The highest BCUT2D eigenvalue weighted by Crippen LogP contribution is 2.28. The maximum absolute atomic E-state index is 6.02. The van der Waals surface area contributed by atoms with Crippen LogP contribution in [-0.4, -0.2) is 21.8 Å². The second-order valence-electron chi connectivity index (χ2n) is 3.84. The number of rotatable bonds is 6. The molecule has 0 aliphatic heterocycles. The van der Waals surface area contributed by atoms with E-state index in [1.165, 1.54) is 11.5 Å². The molecule has 1 rings (SSSR count). The van der Waals surface area contributed by atoms with Gasteiger partial charge in [-0.1, -0.05) is 13.8 Å². The normalized spacial score (nSPS) is 11.7. The first-order chi connectivity index (χ1) is 7.15. The minimum absolute atomic E-state index is 0.182. The summed E-state index contributed by atoms with van der Waals surface area (Å²) in [5, 5.41) is 4.21. The van der Waals surface area contributed by atoms with Gasteiger partial charge in [0.1, 0.15) is 5.82 Å². The summed E-state index contributed by atoms with van der Waals surface area (Å²) in [6, 6.07) is 0. The first-order valence-corrected chi connectivity index (χ1v) is 6.56. The number of hydrogen-bond acceptors (Lipinski definition) is 4. The number of halogens is 1. The van der Waals surface area contributed by atoms with E-state index in [9.17, 15) is 0 Å². The molecule has 1 aromatic heterocycles. The van der Waals surface area contributed by atoms with Crippen molar-refractivity contribution in [2.75, 3.05) is 17.7 Å². The summed E-state index contributed by atoms with van der Waals surface area (Å²) in [6.45, 7) is 7.13. The molecule has 0 saturated carbocycles. The molecule has 0 amide bonds. The van der Waals surface area contributed by atoms with Crippen LogP contribution in [0, 0.1) is 12.3 Å². The van der Waals surface area contributed by atoms with Gasteiger partial charge in [-0.3, -0.25) is 0 Å². The Labute approximate surface area is 100 Å². The lowest BCUT2D eigenvalue weighted by Gasteiger charge is -2.29. The molecule has 0 fully saturated rings. The Morgan fingerprint density at radius 1 is 1.40 bits per heavy atom. The molecule has 0 radical (unpaired) electrons. The van der Waals surface area contributed by atoms with Gasteiger partial charge in [-0.05, 0) is 19.8 Å². The highest BCUT2D eigenvalue weighted by atomic mass is 35.5. The van der Waals surface area contributed by atoms with Gasteiger partial charge in [0, 0.05) is 29.4 Å². The smallest absolute Gasteiger partial charge is 0.202 e. The van der Waals surface area contributed by atoms with E-state index in [1.807, 2.05) is 6.92 Å². The molecule has 0 aliphatic carbocycles. The summed E-state index contributed by atoms with van der Waals surface area (Å²) in [4.78, 5) is 4.27. The van der Waals surface area contributed by atoms with Crippen molar-refractivity contribution >= 4 is 28.3 Å². The zero-order valence-corrected chi connectivity index (χ0v) is 11.1. The van der Waals surface area contributed by atoms with E-state index in [-0.39, 0.29) is 5.41 Å². The van der Waals surface area contributed by atoms with Gasteiger partial charge in [0.2, 0.25) is 5.13 Å². The van der Waals surface area contributed by atoms with E-state index in [2.05, 4.69) is 28.5 Å². The molecule has 86 valence electrons. The van der Waals surface area contributed by atoms with Gasteiger partial charge in [-0.2, -0.15) is 4.37 Å². The quantitative estimate of drug-likeness (QED) is 0.784. The molecule has 15 heavy (non-hydrogen) atoms. The van der Waals surface area contributed by atoms with Crippen LogP contribution in [0.2, 0.25) is 0 Å². The summed E-state index contributed by atoms with van der Waals surface area (Å²) < 4.78 is 4.13. The van der Waals surface area contributed by atoms with Crippen LogP contribution in [0.15, 0.2) is 0 Å². The largest absolute Gasteiger partial charge is 0.360 e. The zero-order valence-electron chi connectivity index (χ0n) is 9.51. The number of nitrogens with zero attached hydrogens (tertiary/aromatic N) is 2.